The highest BCUT2D eigenvalue weighted by molar-refractivity contribution is 7.10. The van der Waals surface area contributed by atoms with Crippen LogP contribution in [0.3, 0.4) is 0 Å². The third-order valence-corrected chi connectivity index (χ3v) is 4.25. The quantitative estimate of drug-likeness (QED) is 0.772. The van der Waals surface area contributed by atoms with E-state index in [0.717, 1.165) is 11.3 Å². The number of amides is 2. The Morgan fingerprint density at radius 2 is 2.14 bits per heavy atom. The van der Waals surface area contributed by atoms with Gasteiger partial charge in [0.05, 0.1) is 6.04 Å². The van der Waals surface area contributed by atoms with Crippen LogP contribution in [0.2, 0.25) is 0 Å². The Hall–Kier alpha value is -1.56. The molecule has 0 bridgehead atoms. The van der Waals surface area contributed by atoms with Gasteiger partial charge in [0, 0.05) is 23.9 Å². The van der Waals surface area contributed by atoms with E-state index in [9.17, 15) is 9.59 Å². The molecule has 5 nitrogen and oxygen atoms in total. The van der Waals surface area contributed by atoms with Gasteiger partial charge in [-0.05, 0) is 38.1 Å². The van der Waals surface area contributed by atoms with E-state index in [-0.39, 0.29) is 24.5 Å². The molecule has 1 aromatic heterocycles. The van der Waals surface area contributed by atoms with Crippen molar-refractivity contribution in [3.63, 3.8) is 0 Å². The molecule has 0 aliphatic heterocycles. The Labute approximate surface area is 130 Å². The summed E-state index contributed by atoms with van der Waals surface area (Å²) in [6.45, 7) is 6.37. The molecule has 1 heterocycles. The number of nitrogens with one attached hydrogen (secondary N) is 1. The molecule has 0 radical (unpaired) electrons. The molecule has 0 spiro atoms. The lowest BCUT2D eigenvalue weighted by Gasteiger charge is -2.29. The summed E-state index contributed by atoms with van der Waals surface area (Å²) >= 11 is 1.63. The number of aliphatic carboxylic acids is 1. The maximum absolute atomic E-state index is 12.4. The summed E-state index contributed by atoms with van der Waals surface area (Å²) in [5.74, 6) is -0.830. The van der Waals surface area contributed by atoms with Crippen LogP contribution in [0.25, 0.3) is 0 Å². The molecule has 0 aliphatic carbocycles. The number of urea groups is 1. The van der Waals surface area contributed by atoms with Gasteiger partial charge in [0.15, 0.2) is 0 Å². The smallest absolute Gasteiger partial charge is 0.318 e. The topological polar surface area (TPSA) is 69.6 Å². The Kier molecular flexibility index (Phi) is 7.22. The van der Waals surface area contributed by atoms with E-state index in [0.29, 0.717) is 13.0 Å². The zero-order chi connectivity index (χ0) is 15.8. The predicted octanol–water partition coefficient (Wildman–Crippen LogP) is 3.48. The van der Waals surface area contributed by atoms with Gasteiger partial charge in [-0.15, -0.1) is 11.3 Å². The second kappa shape index (κ2) is 8.67. The van der Waals surface area contributed by atoms with Crippen molar-refractivity contribution in [1.82, 2.24) is 10.2 Å². The van der Waals surface area contributed by atoms with Crippen LogP contribution in [-0.4, -0.2) is 34.6 Å². The molecule has 2 N–H and O–H groups in total. The molecule has 0 fully saturated rings. The number of hydrogen-bond acceptors (Lipinski definition) is 3. The first-order chi connectivity index (χ1) is 9.95. The lowest BCUT2D eigenvalue weighted by atomic mass is 10.2. The Bertz CT molecular complexity index is 446. The summed E-state index contributed by atoms with van der Waals surface area (Å²) in [4.78, 5) is 25.8. The van der Waals surface area contributed by atoms with E-state index in [1.54, 1.807) is 16.2 Å². The second-order valence-corrected chi connectivity index (χ2v) is 6.19. The maximum atomic E-state index is 12.4. The van der Waals surface area contributed by atoms with Crippen LogP contribution in [0, 0.1) is 0 Å². The van der Waals surface area contributed by atoms with Gasteiger partial charge >= 0.3 is 12.0 Å². The molecule has 6 heteroatoms. The van der Waals surface area contributed by atoms with Gasteiger partial charge in [-0.25, -0.2) is 4.79 Å². The number of carboxylic acid groups (broad SMARTS) is 1. The first-order valence-corrected chi connectivity index (χ1v) is 8.16. The van der Waals surface area contributed by atoms with Gasteiger partial charge in [0.2, 0.25) is 0 Å². The zero-order valence-corrected chi connectivity index (χ0v) is 13.7. The van der Waals surface area contributed by atoms with Crippen LogP contribution in [0.15, 0.2) is 17.5 Å². The minimum Gasteiger partial charge on any atom is -0.481 e. The summed E-state index contributed by atoms with van der Waals surface area (Å²) in [5, 5.41) is 13.7. The maximum Gasteiger partial charge on any atom is 0.318 e. The van der Waals surface area contributed by atoms with Crippen LogP contribution in [0.4, 0.5) is 4.79 Å². The molecule has 21 heavy (non-hydrogen) atoms. The molecule has 1 unspecified atom stereocenters. The molecular weight excluding hydrogens is 288 g/mol. The number of carboxylic acids is 1. The summed E-state index contributed by atoms with van der Waals surface area (Å²) < 4.78 is 0. The molecular formula is C15H24N2O3S. The van der Waals surface area contributed by atoms with Gasteiger partial charge in [-0.2, -0.15) is 0 Å². The lowest BCUT2D eigenvalue weighted by Crippen LogP contribution is -2.45. The minimum absolute atomic E-state index is 0.0122. The van der Waals surface area contributed by atoms with Gasteiger partial charge in [0.1, 0.15) is 0 Å². The molecule has 1 atom stereocenters. The van der Waals surface area contributed by atoms with E-state index in [4.69, 9.17) is 5.11 Å². The van der Waals surface area contributed by atoms with Crippen LogP contribution in [-0.2, 0) is 4.79 Å². The van der Waals surface area contributed by atoms with Crippen LogP contribution in [0.5, 0.6) is 0 Å². The summed E-state index contributed by atoms with van der Waals surface area (Å²) in [6.07, 6.45) is 1.38. The van der Waals surface area contributed by atoms with Crippen molar-refractivity contribution < 1.29 is 14.7 Å². The zero-order valence-electron chi connectivity index (χ0n) is 12.8. The van der Waals surface area contributed by atoms with Crippen molar-refractivity contribution in [3.05, 3.63) is 22.4 Å². The average molecular weight is 312 g/mol. The number of carbonyl (C=O) groups is 2. The molecule has 1 aromatic rings. The summed E-state index contributed by atoms with van der Waals surface area (Å²) in [6, 6.07) is 3.92. The normalized spacial score (nSPS) is 12.2. The second-order valence-electron chi connectivity index (χ2n) is 5.21. The number of thiophene rings is 1. The fourth-order valence-electron chi connectivity index (χ4n) is 2.09. The minimum atomic E-state index is -0.830. The van der Waals surface area contributed by atoms with Crippen molar-refractivity contribution in [2.75, 3.05) is 6.54 Å². The fraction of sp³-hybridized carbons (Fsp3) is 0.600. The Balaban J connectivity index is 2.61. The third kappa shape index (κ3) is 5.75. The van der Waals surface area contributed by atoms with Crippen LogP contribution >= 0.6 is 11.3 Å². The van der Waals surface area contributed by atoms with Crippen molar-refractivity contribution in [3.8, 4) is 0 Å². The summed E-state index contributed by atoms with van der Waals surface area (Å²) in [5.41, 5.74) is 0. The Morgan fingerprint density at radius 3 is 2.62 bits per heavy atom. The molecule has 0 aliphatic rings. The van der Waals surface area contributed by atoms with Crippen LogP contribution < -0.4 is 5.32 Å². The third-order valence-electron chi connectivity index (χ3n) is 3.27. The number of rotatable bonds is 8. The standard InChI is InChI=1S/C15H24N2O3S/c1-4-12(13-7-6-10-21-13)16-15(20)17(11(2)3)9-5-8-14(18)19/h6-7,10-12H,4-5,8-9H2,1-3H3,(H,16,20)(H,18,19). The summed E-state index contributed by atoms with van der Waals surface area (Å²) in [7, 11) is 0. The first-order valence-electron chi connectivity index (χ1n) is 7.28. The van der Waals surface area contributed by atoms with Crippen molar-refractivity contribution >= 4 is 23.3 Å². The molecule has 0 saturated carbocycles. The number of carbonyl (C=O) groups excluding carboxylic acids is 1. The van der Waals surface area contributed by atoms with Crippen molar-refractivity contribution in [2.45, 2.75) is 52.1 Å². The van der Waals surface area contributed by atoms with E-state index >= 15 is 0 Å². The monoisotopic (exact) mass is 312 g/mol. The lowest BCUT2D eigenvalue weighted by molar-refractivity contribution is -0.137. The fourth-order valence-corrected chi connectivity index (χ4v) is 2.95. The largest absolute Gasteiger partial charge is 0.481 e. The SMILES string of the molecule is CCC(NC(=O)N(CCCC(=O)O)C(C)C)c1cccs1. The molecule has 0 saturated heterocycles. The van der Waals surface area contributed by atoms with Crippen molar-refractivity contribution in [2.24, 2.45) is 0 Å². The van der Waals surface area contributed by atoms with E-state index in [1.807, 2.05) is 38.3 Å². The highest BCUT2D eigenvalue weighted by atomic mass is 32.1. The van der Waals surface area contributed by atoms with Gasteiger partial charge in [0.25, 0.3) is 0 Å². The number of nitrogens with zero attached hydrogens (tertiary/aromatic N) is 1. The van der Waals surface area contributed by atoms with Crippen molar-refractivity contribution in [1.29, 1.82) is 0 Å². The van der Waals surface area contributed by atoms with Gasteiger partial charge in [-0.1, -0.05) is 13.0 Å². The number of hydrogen-bond donors (Lipinski definition) is 2. The molecule has 1 rings (SSSR count). The highest BCUT2D eigenvalue weighted by Gasteiger charge is 2.20. The Morgan fingerprint density at radius 1 is 1.43 bits per heavy atom. The molecule has 118 valence electrons. The van der Waals surface area contributed by atoms with E-state index in [1.165, 1.54) is 0 Å². The van der Waals surface area contributed by atoms with Gasteiger partial charge < -0.3 is 15.3 Å². The van der Waals surface area contributed by atoms with Gasteiger partial charge in [-0.3, -0.25) is 4.79 Å². The average Bonchev–Trinajstić information content (AvgIpc) is 2.93. The van der Waals surface area contributed by atoms with E-state index < -0.39 is 5.97 Å². The first kappa shape index (κ1) is 17.5. The van der Waals surface area contributed by atoms with E-state index in [2.05, 4.69) is 5.32 Å². The van der Waals surface area contributed by atoms with Crippen LogP contribution in [0.1, 0.15) is 51.0 Å². The highest BCUT2D eigenvalue weighted by Crippen LogP contribution is 2.22. The molecule has 2 amide bonds. The molecule has 0 aromatic carbocycles. The predicted molar refractivity (Wildman–Crippen MR) is 84.6 cm³/mol.